The maximum atomic E-state index is 9.82. The van der Waals surface area contributed by atoms with Gasteiger partial charge in [0.05, 0.1) is 0 Å². The molecule has 0 rings (SSSR count). The lowest BCUT2D eigenvalue weighted by molar-refractivity contribution is -0.143. The topological polar surface area (TPSA) is 46.6 Å². The number of ether oxygens (including phenoxy) is 1. The number of rotatable bonds is 7. The van der Waals surface area contributed by atoms with Crippen LogP contribution in [0.4, 0.5) is 0 Å². The highest BCUT2D eigenvalue weighted by Crippen LogP contribution is 1.91. The van der Waals surface area contributed by atoms with E-state index in [4.69, 9.17) is 0 Å². The van der Waals surface area contributed by atoms with Crippen molar-refractivity contribution in [3.8, 4) is 0 Å². The third kappa shape index (κ3) is 18.8. The van der Waals surface area contributed by atoms with Crippen LogP contribution in [0.25, 0.3) is 0 Å². The highest BCUT2D eigenvalue weighted by atomic mass is 16.5. The minimum atomic E-state index is -0.424. The van der Waals surface area contributed by atoms with Gasteiger partial charge in [-0.1, -0.05) is 20.3 Å². The first-order valence-corrected chi connectivity index (χ1v) is 5.83. The summed E-state index contributed by atoms with van der Waals surface area (Å²) < 4.78 is 4.18. The Kier molecular flexibility index (Phi) is 15.4. The van der Waals surface area contributed by atoms with Crippen LogP contribution in [-0.4, -0.2) is 43.9 Å². The molecule has 0 spiro atoms. The van der Waals surface area contributed by atoms with Gasteiger partial charge in [0, 0.05) is 6.92 Å². The van der Waals surface area contributed by atoms with Crippen LogP contribution in [0.1, 0.15) is 40.0 Å². The minimum Gasteiger partial charge on any atom is -0.458 e. The lowest BCUT2D eigenvalue weighted by atomic mass is 10.3. The third-order valence-electron chi connectivity index (χ3n) is 1.85. The Morgan fingerprint density at radius 3 is 2.19 bits per heavy atom. The number of nitrogens with zero attached hydrogens (tertiary/aromatic N) is 1. The quantitative estimate of drug-likeness (QED) is 0.496. The number of hydrogen-bond acceptors (Lipinski definition) is 4. The predicted molar refractivity (Wildman–Crippen MR) is 65.4 cm³/mol. The standard InChI is InChI=1S/C8H19N.C4H6O3/c1-4-6-8-9(3)7-5-2;1-4(6)7-3-2-5/h4-8H2,1-3H3;2H,3H2,1H3. The molecule has 0 N–H and O–H groups in total. The Balaban J connectivity index is 0. The van der Waals surface area contributed by atoms with E-state index < -0.39 is 5.97 Å². The van der Waals surface area contributed by atoms with Gasteiger partial charge in [0.25, 0.3) is 0 Å². The van der Waals surface area contributed by atoms with Crippen LogP contribution in [0.5, 0.6) is 0 Å². The molecule has 0 aliphatic heterocycles. The van der Waals surface area contributed by atoms with Gasteiger partial charge in [0.1, 0.15) is 6.61 Å². The summed E-state index contributed by atoms with van der Waals surface area (Å²) >= 11 is 0. The molecule has 0 saturated carbocycles. The normalized spacial score (nSPS) is 9.31. The first kappa shape index (κ1) is 17.5. The maximum absolute atomic E-state index is 9.82. The van der Waals surface area contributed by atoms with Gasteiger partial charge >= 0.3 is 5.97 Å². The summed E-state index contributed by atoms with van der Waals surface area (Å²) in [4.78, 5) is 21.6. The van der Waals surface area contributed by atoms with Crippen molar-refractivity contribution in [2.24, 2.45) is 0 Å². The van der Waals surface area contributed by atoms with Crippen molar-refractivity contribution in [1.82, 2.24) is 4.90 Å². The first-order chi connectivity index (χ1) is 7.58. The molecule has 0 aromatic carbocycles. The lowest BCUT2D eigenvalue weighted by Crippen LogP contribution is -2.19. The fourth-order valence-corrected chi connectivity index (χ4v) is 1.07. The summed E-state index contributed by atoms with van der Waals surface area (Å²) in [7, 11) is 2.19. The monoisotopic (exact) mass is 231 g/mol. The average Bonchev–Trinajstić information content (AvgIpc) is 2.25. The summed E-state index contributed by atoms with van der Waals surface area (Å²) in [5.74, 6) is -0.424. The van der Waals surface area contributed by atoms with E-state index in [-0.39, 0.29) is 6.61 Å². The van der Waals surface area contributed by atoms with Crippen molar-refractivity contribution in [3.05, 3.63) is 0 Å². The van der Waals surface area contributed by atoms with E-state index in [0.29, 0.717) is 6.29 Å². The van der Waals surface area contributed by atoms with E-state index in [1.807, 2.05) is 0 Å². The van der Waals surface area contributed by atoms with Crippen LogP contribution < -0.4 is 0 Å². The summed E-state index contributed by atoms with van der Waals surface area (Å²) in [5, 5.41) is 0. The van der Waals surface area contributed by atoms with Crippen LogP contribution in [0.2, 0.25) is 0 Å². The zero-order chi connectivity index (χ0) is 12.8. The van der Waals surface area contributed by atoms with Crippen molar-refractivity contribution in [2.75, 3.05) is 26.7 Å². The van der Waals surface area contributed by atoms with Gasteiger partial charge in [-0.25, -0.2) is 0 Å². The van der Waals surface area contributed by atoms with Crippen LogP contribution in [0.3, 0.4) is 0 Å². The average molecular weight is 231 g/mol. The molecule has 0 saturated heterocycles. The van der Waals surface area contributed by atoms with Crippen LogP contribution >= 0.6 is 0 Å². The second-order valence-corrected chi connectivity index (χ2v) is 3.63. The summed E-state index contributed by atoms with van der Waals surface area (Å²) in [5.41, 5.74) is 0. The fraction of sp³-hybridized carbons (Fsp3) is 0.833. The minimum absolute atomic E-state index is 0.130. The summed E-state index contributed by atoms with van der Waals surface area (Å²) in [6.45, 7) is 8.10. The largest absolute Gasteiger partial charge is 0.458 e. The number of carbonyl (C=O) groups excluding carboxylic acids is 2. The molecule has 4 nitrogen and oxygen atoms in total. The Morgan fingerprint density at radius 1 is 1.25 bits per heavy atom. The van der Waals surface area contributed by atoms with Gasteiger partial charge < -0.3 is 9.64 Å². The molecular formula is C12H25NO3. The Bertz CT molecular complexity index is 172. The van der Waals surface area contributed by atoms with Gasteiger partial charge in [0.15, 0.2) is 6.29 Å². The highest BCUT2D eigenvalue weighted by molar-refractivity contribution is 5.68. The summed E-state index contributed by atoms with van der Waals surface area (Å²) in [6.07, 6.45) is 4.46. The number of aldehydes is 1. The van der Waals surface area contributed by atoms with Crippen molar-refractivity contribution < 1.29 is 14.3 Å². The Morgan fingerprint density at radius 2 is 1.88 bits per heavy atom. The van der Waals surface area contributed by atoms with E-state index >= 15 is 0 Å². The van der Waals surface area contributed by atoms with Crippen LogP contribution in [0.15, 0.2) is 0 Å². The number of hydrogen-bond donors (Lipinski definition) is 0. The molecule has 0 radical (unpaired) electrons. The molecule has 96 valence electrons. The molecule has 0 unspecified atom stereocenters. The van der Waals surface area contributed by atoms with Crippen molar-refractivity contribution in [3.63, 3.8) is 0 Å². The lowest BCUT2D eigenvalue weighted by Gasteiger charge is -2.13. The molecule has 0 bridgehead atoms. The van der Waals surface area contributed by atoms with E-state index in [2.05, 4.69) is 30.5 Å². The van der Waals surface area contributed by atoms with Gasteiger partial charge in [-0.2, -0.15) is 0 Å². The summed E-state index contributed by atoms with van der Waals surface area (Å²) in [6, 6.07) is 0. The zero-order valence-electron chi connectivity index (χ0n) is 11.0. The van der Waals surface area contributed by atoms with Gasteiger partial charge in [-0.05, 0) is 33.0 Å². The molecule has 16 heavy (non-hydrogen) atoms. The van der Waals surface area contributed by atoms with Gasteiger partial charge in [-0.15, -0.1) is 0 Å². The van der Waals surface area contributed by atoms with Gasteiger partial charge in [-0.3, -0.25) is 9.59 Å². The van der Waals surface area contributed by atoms with Crippen LogP contribution in [0, 0.1) is 0 Å². The Hall–Kier alpha value is -0.900. The maximum Gasteiger partial charge on any atom is 0.303 e. The molecule has 0 atom stereocenters. The predicted octanol–water partition coefficient (Wildman–Crippen LogP) is 1.88. The second-order valence-electron chi connectivity index (χ2n) is 3.63. The van der Waals surface area contributed by atoms with E-state index in [0.717, 1.165) is 0 Å². The molecule has 4 heteroatoms. The number of unbranched alkanes of at least 4 members (excludes halogenated alkanes) is 1. The third-order valence-corrected chi connectivity index (χ3v) is 1.85. The van der Waals surface area contributed by atoms with E-state index in [9.17, 15) is 9.59 Å². The highest BCUT2D eigenvalue weighted by Gasteiger charge is 1.92. The molecular weight excluding hydrogens is 206 g/mol. The van der Waals surface area contributed by atoms with Crippen molar-refractivity contribution in [2.45, 2.75) is 40.0 Å². The van der Waals surface area contributed by atoms with Crippen molar-refractivity contribution in [1.29, 1.82) is 0 Å². The number of esters is 1. The fourth-order valence-electron chi connectivity index (χ4n) is 1.07. The van der Waals surface area contributed by atoms with Gasteiger partial charge in [0.2, 0.25) is 0 Å². The molecule has 0 heterocycles. The molecule has 0 aliphatic rings. The number of carbonyl (C=O) groups is 2. The molecule has 0 aliphatic carbocycles. The molecule has 0 aromatic heterocycles. The first-order valence-electron chi connectivity index (χ1n) is 5.83. The SMILES string of the molecule is CC(=O)OCC=O.CCCCN(C)CCC. The second kappa shape index (κ2) is 14.1. The van der Waals surface area contributed by atoms with Crippen LogP contribution in [-0.2, 0) is 14.3 Å². The molecule has 0 fully saturated rings. The molecule has 0 amide bonds. The Labute approximate surface area is 99.0 Å². The smallest absolute Gasteiger partial charge is 0.303 e. The molecule has 0 aromatic rings. The van der Waals surface area contributed by atoms with Crippen molar-refractivity contribution >= 4 is 12.3 Å². The van der Waals surface area contributed by atoms with E-state index in [1.54, 1.807) is 0 Å². The zero-order valence-corrected chi connectivity index (χ0v) is 11.0. The van der Waals surface area contributed by atoms with E-state index in [1.165, 1.54) is 39.3 Å².